The number of alkyl halides is 3. The van der Waals surface area contributed by atoms with Crippen LogP contribution in [0, 0.1) is 0 Å². The van der Waals surface area contributed by atoms with Gasteiger partial charge in [0.25, 0.3) is 0 Å². The van der Waals surface area contributed by atoms with Crippen molar-refractivity contribution in [2.24, 2.45) is 0 Å². The summed E-state index contributed by atoms with van der Waals surface area (Å²) in [4.78, 5) is 2.19. The summed E-state index contributed by atoms with van der Waals surface area (Å²) in [5.74, 6) is 0. The number of halogens is 3. The fourth-order valence-corrected chi connectivity index (χ4v) is 3.25. The molecule has 0 atom stereocenters. The Bertz CT molecular complexity index is 745. The standard InChI is InChI=1S/C21H22F3N/c1-25(15-17-7-10-18-5-2-6-19(18)14-17)13-3-4-16-8-11-20(12-9-16)21(22,23)24/h3-4,7-12,14H,2,5-6,13,15H2,1H3/b4-3+. The molecule has 2 aromatic rings. The van der Waals surface area contributed by atoms with Gasteiger partial charge in [0, 0.05) is 13.1 Å². The molecule has 4 heteroatoms. The molecule has 0 N–H and O–H groups in total. The van der Waals surface area contributed by atoms with Gasteiger partial charge >= 0.3 is 6.18 Å². The summed E-state index contributed by atoms with van der Waals surface area (Å²) in [6.45, 7) is 1.61. The van der Waals surface area contributed by atoms with Gasteiger partial charge < -0.3 is 0 Å². The number of benzene rings is 2. The quantitative estimate of drug-likeness (QED) is 0.707. The van der Waals surface area contributed by atoms with Gasteiger partial charge in [0.05, 0.1) is 5.56 Å². The minimum absolute atomic E-state index is 0.613. The van der Waals surface area contributed by atoms with Crippen LogP contribution in [0.15, 0.2) is 48.5 Å². The first-order valence-electron chi connectivity index (χ1n) is 8.55. The van der Waals surface area contributed by atoms with Gasteiger partial charge in [-0.3, -0.25) is 4.90 Å². The first-order valence-corrected chi connectivity index (χ1v) is 8.55. The van der Waals surface area contributed by atoms with Gasteiger partial charge in [-0.1, -0.05) is 42.5 Å². The molecule has 0 amide bonds. The van der Waals surface area contributed by atoms with Crippen LogP contribution < -0.4 is 0 Å². The van der Waals surface area contributed by atoms with Crippen molar-refractivity contribution < 1.29 is 13.2 Å². The van der Waals surface area contributed by atoms with Crippen LogP contribution in [-0.4, -0.2) is 18.5 Å². The lowest BCUT2D eigenvalue weighted by Gasteiger charge is -2.15. The van der Waals surface area contributed by atoms with E-state index in [-0.39, 0.29) is 0 Å². The highest BCUT2D eigenvalue weighted by Crippen LogP contribution is 2.29. The number of aryl methyl sites for hydroxylation is 2. The number of fused-ring (bicyclic) bond motifs is 1. The average Bonchev–Trinajstić information content (AvgIpc) is 3.02. The van der Waals surface area contributed by atoms with Gasteiger partial charge in [0.1, 0.15) is 0 Å². The van der Waals surface area contributed by atoms with Crippen molar-refractivity contribution in [2.45, 2.75) is 32.0 Å². The highest BCUT2D eigenvalue weighted by atomic mass is 19.4. The molecule has 0 aliphatic heterocycles. The molecule has 1 aliphatic carbocycles. The van der Waals surface area contributed by atoms with Crippen molar-refractivity contribution in [3.63, 3.8) is 0 Å². The van der Waals surface area contributed by atoms with E-state index in [1.54, 1.807) is 0 Å². The van der Waals surface area contributed by atoms with Gasteiger partial charge in [-0.15, -0.1) is 0 Å². The lowest BCUT2D eigenvalue weighted by molar-refractivity contribution is -0.137. The monoisotopic (exact) mass is 345 g/mol. The largest absolute Gasteiger partial charge is 0.416 e. The Labute approximate surface area is 146 Å². The van der Waals surface area contributed by atoms with Gasteiger partial charge in [0.15, 0.2) is 0 Å². The number of hydrogen-bond acceptors (Lipinski definition) is 1. The van der Waals surface area contributed by atoms with Crippen molar-refractivity contribution in [1.29, 1.82) is 0 Å². The summed E-state index contributed by atoms with van der Waals surface area (Å²) in [6.07, 6.45) is 3.19. The molecule has 0 bridgehead atoms. The topological polar surface area (TPSA) is 3.24 Å². The molecule has 3 rings (SSSR count). The van der Waals surface area contributed by atoms with E-state index in [2.05, 4.69) is 23.1 Å². The predicted molar refractivity (Wildman–Crippen MR) is 95.3 cm³/mol. The maximum absolute atomic E-state index is 12.5. The lowest BCUT2D eigenvalue weighted by atomic mass is 10.1. The molecule has 0 aromatic heterocycles. The second-order valence-electron chi connectivity index (χ2n) is 6.68. The predicted octanol–water partition coefficient (Wildman–Crippen LogP) is 5.34. The molecule has 0 spiro atoms. The summed E-state index contributed by atoms with van der Waals surface area (Å²) in [7, 11) is 2.05. The molecule has 0 unspecified atom stereocenters. The van der Waals surface area contributed by atoms with Crippen LogP contribution in [-0.2, 0) is 25.6 Å². The minimum atomic E-state index is -4.28. The Kier molecular flexibility index (Phi) is 5.28. The molecule has 1 aliphatic rings. The zero-order valence-corrected chi connectivity index (χ0v) is 14.3. The third kappa shape index (κ3) is 4.73. The SMILES string of the molecule is CN(C/C=C/c1ccc(C(F)(F)F)cc1)Cc1ccc2c(c1)CCC2. The van der Waals surface area contributed by atoms with E-state index in [4.69, 9.17) is 0 Å². The summed E-state index contributed by atoms with van der Waals surface area (Å²) in [5.41, 5.74) is 4.43. The highest BCUT2D eigenvalue weighted by Gasteiger charge is 2.29. The minimum Gasteiger partial charge on any atom is -0.298 e. The first kappa shape index (κ1) is 17.7. The van der Waals surface area contributed by atoms with Crippen LogP contribution in [0.2, 0.25) is 0 Å². The second kappa shape index (κ2) is 7.44. The maximum atomic E-state index is 12.5. The molecule has 2 aromatic carbocycles. The second-order valence-corrected chi connectivity index (χ2v) is 6.68. The highest BCUT2D eigenvalue weighted by molar-refractivity contribution is 5.50. The third-order valence-corrected chi connectivity index (χ3v) is 4.58. The molecule has 132 valence electrons. The Morgan fingerprint density at radius 1 is 1.00 bits per heavy atom. The number of rotatable bonds is 5. The molecule has 0 saturated carbocycles. The average molecular weight is 345 g/mol. The molecule has 0 saturated heterocycles. The lowest BCUT2D eigenvalue weighted by Crippen LogP contribution is -2.17. The molecular weight excluding hydrogens is 323 g/mol. The smallest absolute Gasteiger partial charge is 0.298 e. The Hall–Kier alpha value is -2.07. The van der Waals surface area contributed by atoms with Crippen LogP contribution >= 0.6 is 0 Å². The zero-order valence-electron chi connectivity index (χ0n) is 14.3. The van der Waals surface area contributed by atoms with E-state index >= 15 is 0 Å². The van der Waals surface area contributed by atoms with Crippen LogP contribution in [0.3, 0.4) is 0 Å². The van der Waals surface area contributed by atoms with Crippen molar-refractivity contribution in [3.8, 4) is 0 Å². The van der Waals surface area contributed by atoms with Crippen molar-refractivity contribution in [2.75, 3.05) is 13.6 Å². The number of likely N-dealkylation sites (N-methyl/N-ethyl adjacent to an activating group) is 1. The molecule has 0 radical (unpaired) electrons. The zero-order chi connectivity index (χ0) is 17.9. The maximum Gasteiger partial charge on any atom is 0.416 e. The van der Waals surface area contributed by atoms with Crippen LogP contribution in [0.4, 0.5) is 13.2 Å². The van der Waals surface area contributed by atoms with Crippen LogP contribution in [0.5, 0.6) is 0 Å². The van der Waals surface area contributed by atoms with E-state index in [1.165, 1.54) is 48.1 Å². The summed E-state index contributed by atoms with van der Waals surface area (Å²) >= 11 is 0. The van der Waals surface area contributed by atoms with Crippen molar-refractivity contribution in [1.82, 2.24) is 4.90 Å². The van der Waals surface area contributed by atoms with E-state index in [1.807, 2.05) is 19.2 Å². The fourth-order valence-electron chi connectivity index (χ4n) is 3.25. The summed E-state index contributed by atoms with van der Waals surface area (Å²) in [5, 5.41) is 0. The van der Waals surface area contributed by atoms with Crippen molar-refractivity contribution in [3.05, 3.63) is 76.4 Å². The molecule has 25 heavy (non-hydrogen) atoms. The number of nitrogens with zero attached hydrogens (tertiary/aromatic N) is 1. The Morgan fingerprint density at radius 3 is 2.44 bits per heavy atom. The first-order chi connectivity index (χ1) is 11.9. The van der Waals surface area contributed by atoms with E-state index in [9.17, 15) is 13.2 Å². The van der Waals surface area contributed by atoms with Gasteiger partial charge in [-0.2, -0.15) is 13.2 Å². The number of hydrogen-bond donors (Lipinski definition) is 0. The molecule has 0 heterocycles. The van der Waals surface area contributed by atoms with E-state index in [0.717, 1.165) is 30.8 Å². The van der Waals surface area contributed by atoms with Crippen LogP contribution in [0.1, 0.15) is 34.2 Å². The van der Waals surface area contributed by atoms with Gasteiger partial charge in [0.2, 0.25) is 0 Å². The van der Waals surface area contributed by atoms with Gasteiger partial charge in [-0.25, -0.2) is 0 Å². The van der Waals surface area contributed by atoms with E-state index in [0.29, 0.717) is 0 Å². The van der Waals surface area contributed by atoms with Gasteiger partial charge in [-0.05, 0) is 60.7 Å². The third-order valence-electron chi connectivity index (χ3n) is 4.58. The van der Waals surface area contributed by atoms with E-state index < -0.39 is 11.7 Å². The molecule has 0 fully saturated rings. The normalized spacial score (nSPS) is 14.4. The Balaban J connectivity index is 1.53. The Morgan fingerprint density at radius 2 is 1.72 bits per heavy atom. The molecular formula is C21H22F3N. The summed E-state index contributed by atoms with van der Waals surface area (Å²) < 4.78 is 37.6. The van der Waals surface area contributed by atoms with Crippen molar-refractivity contribution >= 4 is 6.08 Å². The van der Waals surface area contributed by atoms with Crippen LogP contribution in [0.25, 0.3) is 6.08 Å². The summed E-state index contributed by atoms with van der Waals surface area (Å²) in [6, 6.07) is 12.0. The fraction of sp³-hybridized carbons (Fsp3) is 0.333. The molecule has 1 nitrogen and oxygen atoms in total.